The highest BCUT2D eigenvalue weighted by atomic mass is 16.7. The first-order chi connectivity index (χ1) is 29.4. The number of esters is 7. The Hall–Kier alpha value is -6.67. The van der Waals surface area contributed by atoms with Gasteiger partial charge in [0, 0.05) is 12.2 Å². The van der Waals surface area contributed by atoms with E-state index in [1.807, 2.05) is 12.1 Å². The van der Waals surface area contributed by atoms with Crippen LogP contribution in [-0.2, 0) is 52.5 Å². The zero-order chi connectivity index (χ0) is 43.9. The number of carbonyl (C=O) groups is 7. The molecule has 3 aliphatic rings. The van der Waals surface area contributed by atoms with E-state index < -0.39 is 66.8 Å². The van der Waals surface area contributed by atoms with E-state index in [1.165, 1.54) is 18.2 Å². The van der Waals surface area contributed by atoms with Crippen LogP contribution in [0.15, 0.2) is 67.8 Å². The van der Waals surface area contributed by atoms with Crippen LogP contribution < -0.4 is 9.47 Å². The van der Waals surface area contributed by atoms with Crippen molar-refractivity contribution >= 4 is 41.8 Å². The molecule has 2 aromatic rings. The van der Waals surface area contributed by atoms with E-state index in [0.717, 1.165) is 17.7 Å². The molecule has 61 heavy (non-hydrogen) atoms. The van der Waals surface area contributed by atoms with Crippen molar-refractivity contribution in [2.24, 2.45) is 23.7 Å². The normalized spacial score (nSPS) is 23.2. The molecule has 0 amide bonds. The largest absolute Gasteiger partial charge is 0.442 e. The van der Waals surface area contributed by atoms with E-state index in [9.17, 15) is 33.6 Å². The van der Waals surface area contributed by atoms with Gasteiger partial charge >= 0.3 is 41.8 Å². The molecular formula is C47H48O14. The van der Waals surface area contributed by atoms with Crippen LogP contribution in [-0.4, -0.2) is 61.0 Å². The first kappa shape index (κ1) is 45.4. The number of terminal acetylenes is 2. The van der Waals surface area contributed by atoms with Gasteiger partial charge < -0.3 is 33.2 Å². The van der Waals surface area contributed by atoms with Crippen molar-refractivity contribution in [3.05, 3.63) is 84.5 Å². The van der Waals surface area contributed by atoms with Crippen LogP contribution >= 0.6 is 0 Å². The summed E-state index contributed by atoms with van der Waals surface area (Å²) >= 11 is 0. The lowest BCUT2D eigenvalue weighted by Crippen LogP contribution is -2.37. The average molecular weight is 837 g/mol. The Kier molecular flexibility index (Phi) is 16.0. The summed E-state index contributed by atoms with van der Waals surface area (Å²) in [7, 11) is 0. The molecule has 0 unspecified atom stereocenters. The Morgan fingerprint density at radius 3 is 1.56 bits per heavy atom. The van der Waals surface area contributed by atoms with Gasteiger partial charge in [0.1, 0.15) is 11.5 Å². The second-order valence-corrected chi connectivity index (χ2v) is 15.2. The third-order valence-electron chi connectivity index (χ3n) is 11.4. The van der Waals surface area contributed by atoms with Gasteiger partial charge in [-0.15, -0.1) is 12.8 Å². The lowest BCUT2D eigenvalue weighted by Gasteiger charge is -2.36. The predicted molar refractivity (Wildman–Crippen MR) is 216 cm³/mol. The van der Waals surface area contributed by atoms with Crippen molar-refractivity contribution in [2.45, 2.75) is 88.6 Å². The maximum Gasteiger partial charge on any atom is 0.339 e. The summed E-state index contributed by atoms with van der Waals surface area (Å²) in [5.41, 5.74) is 0.211. The second kappa shape index (κ2) is 21.5. The van der Waals surface area contributed by atoms with E-state index in [1.54, 1.807) is 12.1 Å². The SMILES string of the molecule is C#Cc1cc(C(=O)OC2(C#C)CCC(c3ccc(OC(=O)C4CCC(C(=O)OCOC(=O)C=C)CC4)cc3)CC2)ccc1OC(=O)C1CCC(C(=O)OCOC(=O)C=C)CC1. The fraction of sp³-hybridized carbons (Fsp3) is 0.426. The molecule has 14 heteroatoms. The molecule has 3 fully saturated rings. The summed E-state index contributed by atoms with van der Waals surface area (Å²) in [6, 6.07) is 11.6. The van der Waals surface area contributed by atoms with Crippen LogP contribution in [0.25, 0.3) is 0 Å². The number of hydrogen-bond donors (Lipinski definition) is 0. The quantitative estimate of drug-likeness (QED) is 0.0477. The van der Waals surface area contributed by atoms with Crippen molar-refractivity contribution in [3.63, 3.8) is 0 Å². The predicted octanol–water partition coefficient (Wildman–Crippen LogP) is 6.44. The molecule has 14 nitrogen and oxygen atoms in total. The van der Waals surface area contributed by atoms with E-state index in [4.69, 9.17) is 36.5 Å². The Morgan fingerprint density at radius 1 is 0.623 bits per heavy atom. The van der Waals surface area contributed by atoms with Crippen LogP contribution in [0.4, 0.5) is 0 Å². The van der Waals surface area contributed by atoms with Gasteiger partial charge in [0.2, 0.25) is 13.6 Å². The smallest absolute Gasteiger partial charge is 0.339 e. The third kappa shape index (κ3) is 12.4. The molecule has 0 bridgehead atoms. The Bertz CT molecular complexity index is 2060. The van der Waals surface area contributed by atoms with E-state index in [-0.39, 0.29) is 40.6 Å². The van der Waals surface area contributed by atoms with Gasteiger partial charge in [-0.05, 0) is 119 Å². The van der Waals surface area contributed by atoms with Gasteiger partial charge in [-0.1, -0.05) is 37.1 Å². The molecule has 0 radical (unpaired) electrons. The minimum atomic E-state index is -1.14. The summed E-state index contributed by atoms with van der Waals surface area (Å²) in [5, 5.41) is 0. The molecule has 320 valence electrons. The lowest BCUT2D eigenvalue weighted by atomic mass is 9.76. The number of hydrogen-bond acceptors (Lipinski definition) is 14. The van der Waals surface area contributed by atoms with Crippen LogP contribution in [0.2, 0.25) is 0 Å². The minimum absolute atomic E-state index is 0.108. The molecule has 0 aromatic heterocycles. The van der Waals surface area contributed by atoms with Crippen molar-refractivity contribution in [3.8, 4) is 36.2 Å². The standard InChI is InChI=1S/C47H48O14/c1-5-30-27-37(19-22-39(30)60-45(53)36-15-11-34(12-16-36)43(51)58-29-56-41(49)7-3)46(54)61-47(8-4)25-23-32(24-26-47)31-17-20-38(21-18-31)59-44(52)35-13-9-33(10-14-35)42(50)57-28-55-40(48)6-2/h1,4,6-7,17-22,27,32-36H,2-3,9-16,23-26,28-29H2. The molecular weight excluding hydrogens is 789 g/mol. The molecule has 0 aliphatic heterocycles. The average Bonchev–Trinajstić information content (AvgIpc) is 3.29. The number of carbonyl (C=O) groups excluding carboxylic acids is 7. The monoisotopic (exact) mass is 836 g/mol. The number of benzene rings is 2. The maximum absolute atomic E-state index is 13.4. The number of ether oxygens (including phenoxy) is 7. The van der Waals surface area contributed by atoms with Crippen molar-refractivity contribution in [1.29, 1.82) is 0 Å². The van der Waals surface area contributed by atoms with Crippen LogP contribution in [0.3, 0.4) is 0 Å². The van der Waals surface area contributed by atoms with E-state index in [2.05, 4.69) is 34.5 Å². The molecule has 0 spiro atoms. The summed E-state index contributed by atoms with van der Waals surface area (Å²) in [6.07, 6.45) is 19.1. The van der Waals surface area contributed by atoms with Crippen LogP contribution in [0, 0.1) is 48.4 Å². The zero-order valence-corrected chi connectivity index (χ0v) is 33.8. The molecule has 0 saturated heterocycles. The van der Waals surface area contributed by atoms with Gasteiger partial charge in [-0.3, -0.25) is 19.2 Å². The lowest BCUT2D eigenvalue weighted by molar-refractivity contribution is -0.170. The summed E-state index contributed by atoms with van der Waals surface area (Å²) in [4.78, 5) is 86.2. The highest BCUT2D eigenvalue weighted by Gasteiger charge is 2.39. The van der Waals surface area contributed by atoms with Gasteiger partial charge in [0.15, 0.2) is 5.60 Å². The molecule has 0 atom stereocenters. The van der Waals surface area contributed by atoms with Crippen molar-refractivity contribution in [2.75, 3.05) is 13.6 Å². The van der Waals surface area contributed by atoms with Crippen LogP contribution in [0.5, 0.6) is 11.5 Å². The summed E-state index contributed by atoms with van der Waals surface area (Å²) in [6.45, 7) is 5.56. The second-order valence-electron chi connectivity index (χ2n) is 15.2. The third-order valence-corrected chi connectivity index (χ3v) is 11.4. The maximum atomic E-state index is 13.4. The van der Waals surface area contributed by atoms with Crippen molar-refractivity contribution < 1.29 is 66.7 Å². The Morgan fingerprint density at radius 2 is 1.10 bits per heavy atom. The molecule has 3 aliphatic carbocycles. The number of rotatable bonds is 15. The van der Waals surface area contributed by atoms with Gasteiger partial charge in [-0.25, -0.2) is 14.4 Å². The molecule has 3 saturated carbocycles. The molecule has 5 rings (SSSR count). The topological polar surface area (TPSA) is 184 Å². The van der Waals surface area contributed by atoms with E-state index >= 15 is 0 Å². The molecule has 0 heterocycles. The van der Waals surface area contributed by atoms with E-state index in [0.29, 0.717) is 82.8 Å². The van der Waals surface area contributed by atoms with Gasteiger partial charge in [0.25, 0.3) is 0 Å². The fourth-order valence-electron chi connectivity index (χ4n) is 7.76. The first-order valence-electron chi connectivity index (χ1n) is 20.1. The highest BCUT2D eigenvalue weighted by Crippen LogP contribution is 2.41. The fourth-order valence-corrected chi connectivity index (χ4v) is 7.76. The molecule has 2 aromatic carbocycles. The summed E-state index contributed by atoms with van der Waals surface area (Å²) in [5.74, 6) is 0.198. The van der Waals surface area contributed by atoms with Gasteiger partial charge in [-0.2, -0.15) is 0 Å². The van der Waals surface area contributed by atoms with Crippen LogP contribution in [0.1, 0.15) is 104 Å². The highest BCUT2D eigenvalue weighted by molar-refractivity contribution is 5.91. The van der Waals surface area contributed by atoms with Gasteiger partial charge in [0.05, 0.1) is 34.8 Å². The zero-order valence-electron chi connectivity index (χ0n) is 33.8. The summed E-state index contributed by atoms with van der Waals surface area (Å²) < 4.78 is 36.6. The Balaban J connectivity index is 1.06. The minimum Gasteiger partial charge on any atom is -0.442 e. The molecule has 0 N–H and O–H groups in total. The van der Waals surface area contributed by atoms with Crippen molar-refractivity contribution in [1.82, 2.24) is 0 Å². The Labute approximate surface area is 354 Å². The first-order valence-corrected chi connectivity index (χ1v) is 20.1.